The molecule has 0 N–H and O–H groups in total. The second-order valence-corrected chi connectivity index (χ2v) is 12.2. The van der Waals surface area contributed by atoms with Crippen LogP contribution in [0.15, 0.2) is 78.9 Å². The number of fused-ring (bicyclic) bond motifs is 4. The molecule has 1 saturated carbocycles. The van der Waals surface area contributed by atoms with Crippen molar-refractivity contribution in [3.8, 4) is 0 Å². The van der Waals surface area contributed by atoms with Crippen molar-refractivity contribution in [1.29, 1.82) is 0 Å². The first-order valence-electron chi connectivity index (χ1n) is 14.4. The van der Waals surface area contributed by atoms with E-state index in [0.29, 0.717) is 12.0 Å². The van der Waals surface area contributed by atoms with Crippen LogP contribution in [-0.4, -0.2) is 31.1 Å². The molecule has 2 aliphatic heterocycles. The summed E-state index contributed by atoms with van der Waals surface area (Å²) < 4.78 is 13.4. The van der Waals surface area contributed by atoms with E-state index in [0.717, 1.165) is 17.8 Å². The molecule has 4 aliphatic rings. The average Bonchev–Trinajstić information content (AvgIpc) is 3.77. The Morgan fingerprint density at radius 1 is 0.892 bits per heavy atom. The van der Waals surface area contributed by atoms with Gasteiger partial charge in [0, 0.05) is 19.0 Å². The number of benzene rings is 3. The number of likely N-dealkylation sites (tertiary alicyclic amines) is 1. The van der Waals surface area contributed by atoms with Crippen LogP contribution in [0.2, 0.25) is 0 Å². The summed E-state index contributed by atoms with van der Waals surface area (Å²) in [5.41, 5.74) is 6.88. The lowest BCUT2D eigenvalue weighted by Crippen LogP contribution is -2.58. The van der Waals surface area contributed by atoms with E-state index in [-0.39, 0.29) is 24.7 Å². The molecule has 0 amide bonds. The van der Waals surface area contributed by atoms with Gasteiger partial charge in [-0.3, -0.25) is 4.90 Å². The molecule has 2 heterocycles. The Balaban J connectivity index is 1.21. The molecule has 3 unspecified atom stereocenters. The normalized spacial score (nSPS) is 31.7. The zero-order valence-electron chi connectivity index (χ0n) is 22.2. The van der Waals surface area contributed by atoms with E-state index in [1.807, 2.05) is 0 Å². The monoisotopic (exact) mass is 491 g/mol. The lowest BCUT2D eigenvalue weighted by molar-refractivity contribution is 0.0203. The summed E-state index contributed by atoms with van der Waals surface area (Å²) in [6.07, 6.45) is 6.11. The molecular weight excluding hydrogens is 453 g/mol. The summed E-state index contributed by atoms with van der Waals surface area (Å²) in [5.74, 6) is 1.61. The van der Waals surface area contributed by atoms with Gasteiger partial charge >= 0.3 is 7.12 Å². The first-order chi connectivity index (χ1) is 18.1. The first-order valence-corrected chi connectivity index (χ1v) is 14.4. The number of nitrogens with zero attached hydrogens (tertiary/aromatic N) is 1. The fourth-order valence-corrected chi connectivity index (χ4v) is 7.29. The minimum atomic E-state index is -0.374. The van der Waals surface area contributed by atoms with Crippen LogP contribution < -0.4 is 5.46 Å². The Hall–Kier alpha value is -2.40. The van der Waals surface area contributed by atoms with Crippen LogP contribution in [-0.2, 0) is 21.1 Å². The topological polar surface area (TPSA) is 21.7 Å². The highest BCUT2D eigenvalue weighted by atomic mass is 16.6. The van der Waals surface area contributed by atoms with Gasteiger partial charge in [-0.1, -0.05) is 92.7 Å². The largest absolute Gasteiger partial charge is 0.494 e. The zero-order chi connectivity index (χ0) is 25.0. The first kappa shape index (κ1) is 23.7. The Labute approximate surface area is 222 Å². The van der Waals surface area contributed by atoms with Gasteiger partial charge < -0.3 is 9.31 Å². The maximum atomic E-state index is 6.70. The van der Waals surface area contributed by atoms with Crippen molar-refractivity contribution in [3.05, 3.63) is 101 Å². The van der Waals surface area contributed by atoms with Gasteiger partial charge in [0.05, 0.1) is 12.2 Å². The minimum absolute atomic E-state index is 0.00532. The lowest BCUT2D eigenvalue weighted by atomic mass is 9.58. The van der Waals surface area contributed by atoms with Crippen molar-refractivity contribution in [1.82, 2.24) is 4.90 Å². The molecule has 3 nitrogen and oxygen atoms in total. The third-order valence-electron chi connectivity index (χ3n) is 9.96. The van der Waals surface area contributed by atoms with Crippen molar-refractivity contribution in [3.63, 3.8) is 0 Å². The summed E-state index contributed by atoms with van der Waals surface area (Å²) in [6.45, 7) is 7.56. The van der Waals surface area contributed by atoms with Crippen LogP contribution in [0, 0.1) is 11.8 Å². The van der Waals surface area contributed by atoms with Crippen molar-refractivity contribution in [2.75, 3.05) is 13.1 Å². The molecule has 190 valence electrons. The van der Waals surface area contributed by atoms with Crippen LogP contribution in [0.5, 0.6) is 0 Å². The Morgan fingerprint density at radius 2 is 1.54 bits per heavy atom. The minimum Gasteiger partial charge on any atom is -0.400 e. The molecular formula is C33H38BNO2. The molecule has 37 heavy (non-hydrogen) atoms. The van der Waals surface area contributed by atoms with Crippen LogP contribution in [0.4, 0.5) is 0 Å². The molecule has 2 aliphatic carbocycles. The summed E-state index contributed by atoms with van der Waals surface area (Å²) in [6, 6.07) is 29.1. The molecule has 0 aromatic heterocycles. The Bertz CT molecular complexity index is 1200. The van der Waals surface area contributed by atoms with Gasteiger partial charge in [-0.05, 0) is 77.2 Å². The third-order valence-corrected chi connectivity index (χ3v) is 9.96. The molecule has 7 rings (SSSR count). The van der Waals surface area contributed by atoms with E-state index in [1.54, 1.807) is 0 Å². The zero-order valence-corrected chi connectivity index (χ0v) is 22.2. The molecule has 5 atom stereocenters. The number of hydrogen-bond donors (Lipinski definition) is 0. The highest BCUT2D eigenvalue weighted by Crippen LogP contribution is 2.49. The van der Waals surface area contributed by atoms with Crippen molar-refractivity contribution in [2.45, 2.75) is 69.6 Å². The van der Waals surface area contributed by atoms with Crippen molar-refractivity contribution < 1.29 is 9.31 Å². The smallest absolute Gasteiger partial charge is 0.400 e. The molecule has 2 bridgehead atoms. The van der Waals surface area contributed by atoms with Crippen LogP contribution in [0.3, 0.4) is 0 Å². The number of rotatable bonds is 5. The van der Waals surface area contributed by atoms with Gasteiger partial charge in [0.25, 0.3) is 0 Å². The van der Waals surface area contributed by atoms with Gasteiger partial charge in [0.15, 0.2) is 0 Å². The van der Waals surface area contributed by atoms with Crippen molar-refractivity contribution >= 4 is 12.6 Å². The summed E-state index contributed by atoms with van der Waals surface area (Å²) in [7, 11) is -0.374. The lowest BCUT2D eigenvalue weighted by Gasteiger charge is -2.55. The van der Waals surface area contributed by atoms with Gasteiger partial charge in [0.1, 0.15) is 0 Å². The Kier molecular flexibility index (Phi) is 6.03. The van der Waals surface area contributed by atoms with Crippen LogP contribution >= 0.6 is 0 Å². The number of piperidine rings is 1. The highest BCUT2D eigenvalue weighted by Gasteiger charge is 2.49. The van der Waals surface area contributed by atoms with Gasteiger partial charge in [0.2, 0.25) is 0 Å². The third kappa shape index (κ3) is 4.37. The second kappa shape index (κ2) is 9.41. The molecule has 3 aromatic carbocycles. The predicted molar refractivity (Wildman–Crippen MR) is 150 cm³/mol. The van der Waals surface area contributed by atoms with E-state index < -0.39 is 0 Å². The van der Waals surface area contributed by atoms with E-state index in [4.69, 9.17) is 9.31 Å². The molecule has 4 heteroatoms. The van der Waals surface area contributed by atoms with Gasteiger partial charge in [-0.15, -0.1) is 0 Å². The van der Waals surface area contributed by atoms with Crippen molar-refractivity contribution in [2.24, 2.45) is 11.8 Å². The number of hydrogen-bond acceptors (Lipinski definition) is 3. The summed E-state index contributed by atoms with van der Waals surface area (Å²) >= 11 is 0. The van der Waals surface area contributed by atoms with Gasteiger partial charge in [-0.25, -0.2) is 0 Å². The van der Waals surface area contributed by atoms with Crippen LogP contribution in [0.1, 0.15) is 74.0 Å². The fourth-order valence-electron chi connectivity index (χ4n) is 7.29. The van der Waals surface area contributed by atoms with E-state index in [2.05, 4.69) is 97.6 Å². The fraction of sp³-hybridized carbons (Fsp3) is 0.455. The van der Waals surface area contributed by atoms with Crippen LogP contribution in [0.25, 0.3) is 0 Å². The molecule has 3 fully saturated rings. The van der Waals surface area contributed by atoms with E-state index in [1.165, 1.54) is 61.0 Å². The molecule has 0 spiro atoms. The van der Waals surface area contributed by atoms with Gasteiger partial charge in [-0.2, -0.15) is 0 Å². The van der Waals surface area contributed by atoms with E-state index in [9.17, 15) is 0 Å². The average molecular weight is 491 g/mol. The standard InChI is InChI=1S/C33H38BNO2/c1-23-30-19-27-15-16-28(20-29(27)33(23,2)17-18-35(30)22-24-13-14-24)34-36-31(25-9-5-3-6-10-25)21-32(37-34)26-11-7-4-8-12-26/h3-12,15-16,20,23-24,30-32H,13-14,17-19,21-22H2,1-2H3/t23-,30?,31?,32?,33-/m0/s1. The maximum Gasteiger partial charge on any atom is 0.494 e. The molecule has 2 saturated heterocycles. The Morgan fingerprint density at radius 3 is 2.16 bits per heavy atom. The summed E-state index contributed by atoms with van der Waals surface area (Å²) in [4.78, 5) is 2.82. The quantitative estimate of drug-likeness (QED) is 0.395. The second-order valence-electron chi connectivity index (χ2n) is 12.2. The maximum absolute atomic E-state index is 6.70. The molecule has 3 aromatic rings. The van der Waals surface area contributed by atoms with E-state index >= 15 is 0 Å². The molecule has 0 radical (unpaired) electrons. The SMILES string of the molecule is C[C@H]1C2Cc3ccc(B4OC(c5ccccc5)CC(c5ccccc5)O4)cc3[C@@]1(C)CCN2CC1CC1. The summed E-state index contributed by atoms with van der Waals surface area (Å²) in [5, 5.41) is 0. The predicted octanol–water partition coefficient (Wildman–Crippen LogP) is 6.24. The highest BCUT2D eigenvalue weighted by molar-refractivity contribution is 6.61.